The molecule has 4 aromatic rings. The molecule has 5 rings (SSSR count). The van der Waals surface area contributed by atoms with Crippen LogP contribution in [0.4, 0.5) is 5.82 Å². The van der Waals surface area contributed by atoms with Crippen LogP contribution in [0.5, 0.6) is 0 Å². The average molecular weight is 373 g/mol. The maximum absolute atomic E-state index is 4.93. The predicted octanol–water partition coefficient (Wildman–Crippen LogP) is 3.48. The van der Waals surface area contributed by atoms with E-state index >= 15 is 0 Å². The van der Waals surface area contributed by atoms with Crippen molar-refractivity contribution < 1.29 is 0 Å². The number of nitrogens with zero attached hydrogens (tertiary/aromatic N) is 7. The molecule has 1 aliphatic rings. The van der Waals surface area contributed by atoms with Gasteiger partial charge in [-0.3, -0.25) is 4.68 Å². The van der Waals surface area contributed by atoms with Crippen LogP contribution in [-0.4, -0.2) is 36.1 Å². The quantitative estimate of drug-likeness (QED) is 0.550. The van der Waals surface area contributed by atoms with Crippen molar-refractivity contribution in [2.45, 2.75) is 32.7 Å². The fraction of sp³-hybridized carbons (Fsp3) is 0.333. The second-order valence-electron chi connectivity index (χ2n) is 7.41. The third-order valence-electron chi connectivity index (χ3n) is 5.73. The topological polar surface area (TPSA) is 64.1 Å². The van der Waals surface area contributed by atoms with Crippen LogP contribution in [0, 0.1) is 13.8 Å². The van der Waals surface area contributed by atoms with Crippen molar-refractivity contribution in [3.63, 3.8) is 0 Å². The van der Waals surface area contributed by atoms with Crippen molar-refractivity contribution in [3.05, 3.63) is 59.4 Å². The minimum atomic E-state index is 0.301. The Morgan fingerprint density at radius 1 is 0.964 bits per heavy atom. The van der Waals surface area contributed by atoms with Gasteiger partial charge in [-0.1, -0.05) is 30.3 Å². The number of rotatable bonds is 3. The van der Waals surface area contributed by atoms with Crippen molar-refractivity contribution >= 4 is 11.5 Å². The lowest BCUT2D eigenvalue weighted by molar-refractivity contribution is 0.687. The van der Waals surface area contributed by atoms with Gasteiger partial charge in [-0.2, -0.15) is 9.61 Å². The second-order valence-corrected chi connectivity index (χ2v) is 7.41. The molecule has 7 heteroatoms. The minimum Gasteiger partial charge on any atom is -0.348 e. The van der Waals surface area contributed by atoms with Gasteiger partial charge in [0.05, 0.1) is 11.7 Å². The SMILES string of the molecule is Cc1nn(C)c(C)c1C1CCCN1c1ccc2nnc(-c3ccccc3)n2n1. The summed E-state index contributed by atoms with van der Waals surface area (Å²) in [4.78, 5) is 2.39. The zero-order valence-electron chi connectivity index (χ0n) is 16.4. The summed E-state index contributed by atoms with van der Waals surface area (Å²) >= 11 is 0. The molecule has 0 amide bonds. The van der Waals surface area contributed by atoms with E-state index in [2.05, 4.69) is 40.1 Å². The highest BCUT2D eigenvalue weighted by Gasteiger charge is 2.31. The Labute approximate surface area is 163 Å². The van der Waals surface area contributed by atoms with Gasteiger partial charge in [0.25, 0.3) is 0 Å². The standard InChI is InChI=1S/C21H23N7/c1-14-20(15(2)26(3)24-14)17-10-7-13-27(17)19-12-11-18-22-23-21(28(18)25-19)16-8-5-4-6-9-16/h4-6,8-9,11-12,17H,7,10,13H2,1-3H3. The zero-order chi connectivity index (χ0) is 19.3. The summed E-state index contributed by atoms with van der Waals surface area (Å²) in [5.41, 5.74) is 5.43. The first-order valence-electron chi connectivity index (χ1n) is 9.68. The van der Waals surface area contributed by atoms with Crippen LogP contribution in [0.2, 0.25) is 0 Å². The number of aryl methyl sites for hydroxylation is 2. The summed E-state index contributed by atoms with van der Waals surface area (Å²) in [6.07, 6.45) is 2.26. The van der Waals surface area contributed by atoms with Crippen LogP contribution in [0.3, 0.4) is 0 Å². The Balaban J connectivity index is 1.59. The summed E-state index contributed by atoms with van der Waals surface area (Å²) in [7, 11) is 2.01. The van der Waals surface area contributed by atoms with Gasteiger partial charge in [-0.05, 0) is 38.8 Å². The van der Waals surface area contributed by atoms with E-state index in [0.29, 0.717) is 6.04 Å². The highest BCUT2D eigenvalue weighted by molar-refractivity contribution is 5.60. The second kappa shape index (κ2) is 6.44. The van der Waals surface area contributed by atoms with Crippen molar-refractivity contribution in [3.8, 4) is 11.4 Å². The highest BCUT2D eigenvalue weighted by Crippen LogP contribution is 2.38. The van der Waals surface area contributed by atoms with Gasteiger partial charge in [0.1, 0.15) is 5.82 Å². The van der Waals surface area contributed by atoms with Gasteiger partial charge in [-0.15, -0.1) is 15.3 Å². The minimum absolute atomic E-state index is 0.301. The van der Waals surface area contributed by atoms with E-state index < -0.39 is 0 Å². The maximum atomic E-state index is 4.93. The molecule has 3 aromatic heterocycles. The van der Waals surface area contributed by atoms with Gasteiger partial charge in [0, 0.05) is 30.4 Å². The number of fused-ring (bicyclic) bond motifs is 1. The van der Waals surface area contributed by atoms with E-state index in [-0.39, 0.29) is 0 Å². The van der Waals surface area contributed by atoms with E-state index in [0.717, 1.165) is 47.9 Å². The molecule has 28 heavy (non-hydrogen) atoms. The Kier molecular flexibility index (Phi) is 3.89. The number of aromatic nitrogens is 6. The van der Waals surface area contributed by atoms with Crippen LogP contribution in [0.1, 0.15) is 35.8 Å². The first-order chi connectivity index (χ1) is 13.6. The lowest BCUT2D eigenvalue weighted by Crippen LogP contribution is -2.25. The normalized spacial score (nSPS) is 17.0. The van der Waals surface area contributed by atoms with Crippen LogP contribution in [-0.2, 0) is 7.05 Å². The fourth-order valence-electron chi connectivity index (χ4n) is 4.31. The van der Waals surface area contributed by atoms with Gasteiger partial charge >= 0.3 is 0 Å². The van der Waals surface area contributed by atoms with E-state index in [1.54, 1.807) is 0 Å². The smallest absolute Gasteiger partial charge is 0.185 e. The average Bonchev–Trinajstić information content (AvgIpc) is 3.40. The zero-order valence-corrected chi connectivity index (χ0v) is 16.4. The summed E-state index contributed by atoms with van der Waals surface area (Å²) < 4.78 is 3.83. The molecule has 1 aromatic carbocycles. The summed E-state index contributed by atoms with van der Waals surface area (Å²) in [5.74, 6) is 1.72. The lowest BCUT2D eigenvalue weighted by Gasteiger charge is -2.26. The fourth-order valence-corrected chi connectivity index (χ4v) is 4.31. The van der Waals surface area contributed by atoms with Crippen molar-refractivity contribution in [1.29, 1.82) is 0 Å². The first-order valence-corrected chi connectivity index (χ1v) is 9.68. The third kappa shape index (κ3) is 2.58. The summed E-state index contributed by atoms with van der Waals surface area (Å²) in [5, 5.41) is 18.2. The number of anilines is 1. The molecular weight excluding hydrogens is 350 g/mol. The number of benzene rings is 1. The molecule has 142 valence electrons. The van der Waals surface area contributed by atoms with Crippen molar-refractivity contribution in [1.82, 2.24) is 29.6 Å². The van der Waals surface area contributed by atoms with Crippen molar-refractivity contribution in [2.75, 3.05) is 11.4 Å². The Bertz CT molecular complexity index is 1140. The molecule has 1 atom stereocenters. The van der Waals surface area contributed by atoms with Gasteiger partial charge in [0.2, 0.25) is 0 Å². The molecule has 4 heterocycles. The molecule has 1 unspecified atom stereocenters. The Hall–Kier alpha value is -3.22. The summed E-state index contributed by atoms with van der Waals surface area (Å²) in [6, 6.07) is 14.4. The molecule has 0 aliphatic carbocycles. The molecule has 7 nitrogen and oxygen atoms in total. The number of hydrogen-bond donors (Lipinski definition) is 0. The van der Waals surface area contributed by atoms with Gasteiger partial charge < -0.3 is 4.90 Å². The molecule has 0 saturated carbocycles. The van der Waals surface area contributed by atoms with E-state index in [1.807, 2.05) is 52.6 Å². The molecule has 1 aliphatic heterocycles. The predicted molar refractivity (Wildman–Crippen MR) is 108 cm³/mol. The molecule has 0 N–H and O–H groups in total. The molecule has 1 saturated heterocycles. The van der Waals surface area contributed by atoms with Gasteiger partial charge in [0.15, 0.2) is 11.5 Å². The molecular formula is C21H23N7. The van der Waals surface area contributed by atoms with E-state index in [9.17, 15) is 0 Å². The first kappa shape index (κ1) is 16.9. The largest absolute Gasteiger partial charge is 0.348 e. The van der Waals surface area contributed by atoms with E-state index in [1.165, 1.54) is 11.3 Å². The Morgan fingerprint density at radius 2 is 1.79 bits per heavy atom. The highest BCUT2D eigenvalue weighted by atomic mass is 15.4. The van der Waals surface area contributed by atoms with Crippen molar-refractivity contribution in [2.24, 2.45) is 7.05 Å². The molecule has 1 fully saturated rings. The maximum Gasteiger partial charge on any atom is 0.185 e. The lowest BCUT2D eigenvalue weighted by atomic mass is 10.0. The van der Waals surface area contributed by atoms with Gasteiger partial charge in [-0.25, -0.2) is 0 Å². The number of hydrogen-bond acceptors (Lipinski definition) is 5. The van der Waals surface area contributed by atoms with Crippen LogP contribution in [0.25, 0.3) is 17.0 Å². The third-order valence-corrected chi connectivity index (χ3v) is 5.73. The molecule has 0 spiro atoms. The molecule has 0 bridgehead atoms. The van der Waals surface area contributed by atoms with Crippen LogP contribution >= 0.6 is 0 Å². The van der Waals surface area contributed by atoms with E-state index in [4.69, 9.17) is 5.10 Å². The van der Waals surface area contributed by atoms with Crippen LogP contribution < -0.4 is 4.90 Å². The monoisotopic (exact) mass is 373 g/mol. The molecule has 0 radical (unpaired) electrons. The van der Waals surface area contributed by atoms with Crippen LogP contribution in [0.15, 0.2) is 42.5 Å². The Morgan fingerprint density at radius 3 is 2.54 bits per heavy atom. The summed E-state index contributed by atoms with van der Waals surface area (Å²) in [6.45, 7) is 5.23.